The molecule has 0 saturated carbocycles. The standard InChI is InChI=1S/C8H13N3O.C4H6O6/c1-6-10-8(12-11-6)7-3-2-4-9-5-7;5-1(3(7)8)2(6)4(9)10/h7,9H,2-5H2,1H3;1-2,5-6H,(H,7,8)(H,9,10). The number of nitrogens with one attached hydrogen (secondary N) is 1. The van der Waals surface area contributed by atoms with Gasteiger partial charge < -0.3 is 30.3 Å². The Morgan fingerprint density at radius 1 is 1.27 bits per heavy atom. The van der Waals surface area contributed by atoms with Crippen molar-refractivity contribution in [3.05, 3.63) is 11.7 Å². The van der Waals surface area contributed by atoms with Crippen LogP contribution in [-0.4, -0.2) is 67.8 Å². The quantitative estimate of drug-likeness (QED) is 0.451. The maximum atomic E-state index is 9.77. The first-order valence-corrected chi connectivity index (χ1v) is 6.65. The summed E-state index contributed by atoms with van der Waals surface area (Å²) in [6, 6.07) is 0. The smallest absolute Gasteiger partial charge is 0.335 e. The Bertz CT molecular complexity index is 481. The van der Waals surface area contributed by atoms with Crippen molar-refractivity contribution in [1.29, 1.82) is 0 Å². The van der Waals surface area contributed by atoms with Gasteiger partial charge in [-0.3, -0.25) is 0 Å². The molecular weight excluding hydrogens is 298 g/mol. The van der Waals surface area contributed by atoms with Crippen LogP contribution >= 0.6 is 0 Å². The highest BCUT2D eigenvalue weighted by atomic mass is 16.5. The molecule has 1 aliphatic rings. The summed E-state index contributed by atoms with van der Waals surface area (Å²) in [6.07, 6.45) is -2.17. The zero-order valence-electron chi connectivity index (χ0n) is 12.0. The van der Waals surface area contributed by atoms with E-state index in [2.05, 4.69) is 15.5 Å². The van der Waals surface area contributed by atoms with Crippen molar-refractivity contribution >= 4 is 11.9 Å². The maximum absolute atomic E-state index is 9.77. The molecule has 0 radical (unpaired) electrons. The molecule has 1 aliphatic heterocycles. The Hall–Kier alpha value is -2.04. The summed E-state index contributed by atoms with van der Waals surface area (Å²) in [6.45, 7) is 3.94. The lowest BCUT2D eigenvalue weighted by atomic mass is 10.00. The number of piperidine rings is 1. The Morgan fingerprint density at radius 2 is 1.86 bits per heavy atom. The summed E-state index contributed by atoms with van der Waals surface area (Å²) in [5.41, 5.74) is 0. The van der Waals surface area contributed by atoms with E-state index in [9.17, 15) is 9.59 Å². The summed E-state index contributed by atoms with van der Waals surface area (Å²) in [7, 11) is 0. The average molecular weight is 317 g/mol. The molecule has 1 fully saturated rings. The molecule has 0 spiro atoms. The Kier molecular flexibility index (Phi) is 6.89. The number of carboxylic acid groups (broad SMARTS) is 2. The van der Waals surface area contributed by atoms with Crippen LogP contribution in [0.4, 0.5) is 0 Å². The molecule has 10 nitrogen and oxygen atoms in total. The van der Waals surface area contributed by atoms with Gasteiger partial charge in [0.15, 0.2) is 18.0 Å². The van der Waals surface area contributed by atoms with Gasteiger partial charge in [-0.15, -0.1) is 0 Å². The van der Waals surface area contributed by atoms with E-state index in [1.807, 2.05) is 6.92 Å². The highest BCUT2D eigenvalue weighted by molar-refractivity contribution is 5.83. The summed E-state index contributed by atoms with van der Waals surface area (Å²) in [5, 5.41) is 39.6. The lowest BCUT2D eigenvalue weighted by molar-refractivity contribution is -0.165. The highest BCUT2D eigenvalue weighted by Crippen LogP contribution is 2.20. The van der Waals surface area contributed by atoms with Crippen LogP contribution in [0.2, 0.25) is 0 Å². The molecule has 124 valence electrons. The first-order chi connectivity index (χ1) is 10.3. The Morgan fingerprint density at radius 3 is 2.23 bits per heavy atom. The number of aliphatic carboxylic acids is 2. The van der Waals surface area contributed by atoms with Crippen LogP contribution in [0, 0.1) is 6.92 Å². The normalized spacial score (nSPS) is 20.4. The molecule has 2 heterocycles. The fraction of sp³-hybridized carbons (Fsp3) is 0.667. The van der Waals surface area contributed by atoms with Crippen LogP contribution in [0.25, 0.3) is 0 Å². The van der Waals surface area contributed by atoms with E-state index in [0.29, 0.717) is 5.92 Å². The van der Waals surface area contributed by atoms with Crippen molar-refractivity contribution < 1.29 is 34.5 Å². The molecule has 1 aromatic heterocycles. The minimum atomic E-state index is -2.27. The van der Waals surface area contributed by atoms with E-state index < -0.39 is 24.1 Å². The van der Waals surface area contributed by atoms with Crippen LogP contribution in [0.1, 0.15) is 30.5 Å². The summed E-state index contributed by atoms with van der Waals surface area (Å²) in [4.78, 5) is 23.8. The van der Waals surface area contributed by atoms with Crippen LogP contribution < -0.4 is 5.32 Å². The minimum absolute atomic E-state index is 0.431. The Balaban J connectivity index is 0.000000225. The minimum Gasteiger partial charge on any atom is -0.479 e. The molecule has 0 aromatic carbocycles. The van der Waals surface area contributed by atoms with Gasteiger partial charge in [0.2, 0.25) is 5.89 Å². The third kappa shape index (κ3) is 5.39. The second kappa shape index (κ2) is 8.41. The van der Waals surface area contributed by atoms with Gasteiger partial charge in [0.1, 0.15) is 0 Å². The van der Waals surface area contributed by atoms with Gasteiger partial charge in [0.05, 0.1) is 5.92 Å². The predicted octanol–water partition coefficient (Wildman–Crippen LogP) is -1.28. The van der Waals surface area contributed by atoms with Gasteiger partial charge in [0.25, 0.3) is 0 Å². The first-order valence-electron chi connectivity index (χ1n) is 6.65. The molecule has 2 rings (SSSR count). The van der Waals surface area contributed by atoms with Crippen molar-refractivity contribution in [2.75, 3.05) is 13.1 Å². The SMILES string of the molecule is Cc1noc(C2CCCNC2)n1.O=C(O)C(O)C(O)C(=O)O. The van der Waals surface area contributed by atoms with E-state index in [1.165, 1.54) is 6.42 Å². The zero-order valence-corrected chi connectivity index (χ0v) is 12.0. The van der Waals surface area contributed by atoms with Crippen molar-refractivity contribution in [1.82, 2.24) is 15.5 Å². The van der Waals surface area contributed by atoms with Crippen molar-refractivity contribution in [2.24, 2.45) is 0 Å². The number of carbonyl (C=O) groups is 2. The number of aryl methyl sites for hydroxylation is 1. The number of hydrogen-bond donors (Lipinski definition) is 5. The molecule has 10 heteroatoms. The summed E-state index contributed by atoms with van der Waals surface area (Å²) in [5.74, 6) is -1.58. The number of aliphatic hydroxyl groups excluding tert-OH is 2. The van der Waals surface area contributed by atoms with Crippen LogP contribution in [0.15, 0.2) is 4.52 Å². The molecule has 22 heavy (non-hydrogen) atoms. The number of nitrogens with zero attached hydrogens (tertiary/aromatic N) is 2. The van der Waals surface area contributed by atoms with Crippen LogP contribution in [0.5, 0.6) is 0 Å². The molecular formula is C12H19N3O7. The molecule has 0 aliphatic carbocycles. The number of aliphatic hydroxyl groups is 2. The van der Waals surface area contributed by atoms with Crippen LogP contribution in [-0.2, 0) is 9.59 Å². The molecule has 1 saturated heterocycles. The van der Waals surface area contributed by atoms with Crippen molar-refractivity contribution in [2.45, 2.75) is 37.9 Å². The lowest BCUT2D eigenvalue weighted by Gasteiger charge is -2.18. The van der Waals surface area contributed by atoms with E-state index >= 15 is 0 Å². The predicted molar refractivity (Wildman–Crippen MR) is 71.2 cm³/mol. The molecule has 3 unspecified atom stereocenters. The number of aromatic nitrogens is 2. The number of carboxylic acids is 2. The fourth-order valence-electron chi connectivity index (χ4n) is 1.81. The van der Waals surface area contributed by atoms with Gasteiger partial charge >= 0.3 is 11.9 Å². The van der Waals surface area contributed by atoms with Gasteiger partial charge in [-0.25, -0.2) is 9.59 Å². The Labute approximate surface area is 125 Å². The first kappa shape index (κ1) is 18.0. The monoisotopic (exact) mass is 317 g/mol. The third-order valence-electron chi connectivity index (χ3n) is 2.99. The van der Waals surface area contributed by atoms with E-state index in [1.54, 1.807) is 0 Å². The molecule has 0 amide bonds. The number of hydrogen-bond acceptors (Lipinski definition) is 8. The van der Waals surface area contributed by atoms with Crippen molar-refractivity contribution in [3.63, 3.8) is 0 Å². The molecule has 3 atom stereocenters. The molecule has 5 N–H and O–H groups in total. The van der Waals surface area contributed by atoms with Crippen LogP contribution in [0.3, 0.4) is 0 Å². The summed E-state index contributed by atoms with van der Waals surface area (Å²) >= 11 is 0. The second-order valence-corrected chi connectivity index (χ2v) is 4.79. The zero-order chi connectivity index (χ0) is 16.7. The molecule has 0 bridgehead atoms. The highest BCUT2D eigenvalue weighted by Gasteiger charge is 2.29. The fourth-order valence-corrected chi connectivity index (χ4v) is 1.81. The van der Waals surface area contributed by atoms with Gasteiger partial charge in [0, 0.05) is 6.54 Å². The maximum Gasteiger partial charge on any atom is 0.335 e. The topological polar surface area (TPSA) is 166 Å². The second-order valence-electron chi connectivity index (χ2n) is 4.79. The van der Waals surface area contributed by atoms with Gasteiger partial charge in [-0.05, 0) is 26.3 Å². The van der Waals surface area contributed by atoms with Gasteiger partial charge in [-0.2, -0.15) is 4.98 Å². The lowest BCUT2D eigenvalue weighted by Crippen LogP contribution is -2.39. The van der Waals surface area contributed by atoms with Crippen molar-refractivity contribution in [3.8, 4) is 0 Å². The molecule has 1 aromatic rings. The van der Waals surface area contributed by atoms with Gasteiger partial charge in [-0.1, -0.05) is 5.16 Å². The largest absolute Gasteiger partial charge is 0.479 e. The third-order valence-corrected chi connectivity index (χ3v) is 2.99. The van der Waals surface area contributed by atoms with E-state index in [0.717, 1.165) is 31.2 Å². The van der Waals surface area contributed by atoms with E-state index in [-0.39, 0.29) is 0 Å². The van der Waals surface area contributed by atoms with E-state index in [4.69, 9.17) is 24.9 Å². The number of rotatable bonds is 4. The summed E-state index contributed by atoms with van der Waals surface area (Å²) < 4.78 is 5.10. The average Bonchev–Trinajstić information content (AvgIpc) is 2.93.